The lowest BCUT2D eigenvalue weighted by Crippen LogP contribution is -2.32. The first-order chi connectivity index (χ1) is 13.3. The van der Waals surface area contributed by atoms with Gasteiger partial charge in [-0.25, -0.2) is 4.98 Å². The molecule has 1 N–H and O–H groups in total. The molecule has 1 aliphatic rings. The van der Waals surface area contributed by atoms with Gasteiger partial charge in [0.05, 0.1) is 27.2 Å². The first kappa shape index (κ1) is 19.6. The fourth-order valence-electron chi connectivity index (χ4n) is 3.04. The van der Waals surface area contributed by atoms with Crippen molar-refractivity contribution in [2.45, 2.75) is 32.7 Å². The van der Waals surface area contributed by atoms with Crippen molar-refractivity contribution < 1.29 is 19.3 Å². The molecular weight excluding hydrogens is 384 g/mol. The predicted molar refractivity (Wildman–Crippen MR) is 101 cm³/mol. The highest BCUT2D eigenvalue weighted by molar-refractivity contribution is 7.09. The van der Waals surface area contributed by atoms with E-state index >= 15 is 0 Å². The number of carbonyl (C=O) groups excluding carboxylic acids is 3. The number of fused-ring (bicyclic) bond motifs is 1. The van der Waals surface area contributed by atoms with E-state index in [1.807, 2.05) is 19.2 Å². The van der Waals surface area contributed by atoms with Gasteiger partial charge < -0.3 is 5.32 Å². The number of amides is 3. The van der Waals surface area contributed by atoms with Crippen LogP contribution in [0.5, 0.6) is 0 Å². The van der Waals surface area contributed by atoms with E-state index in [0.29, 0.717) is 0 Å². The number of aryl methyl sites for hydroxylation is 1. The molecule has 1 aromatic heterocycles. The molecule has 0 fully saturated rings. The standard InChI is InChI=1S/C18H18N4O5S/c1-10(13-9-28-11(2)20-13)19-15(23)7-4-8-21-17(24)12-5-3-6-14(22(26)27)16(12)18(21)25/h3,5-6,9-10H,4,7-8H2,1-2H3,(H,19,23). The Bertz CT molecular complexity index is 971. The molecule has 0 bridgehead atoms. The summed E-state index contributed by atoms with van der Waals surface area (Å²) in [6.45, 7) is 3.73. The molecule has 10 heteroatoms. The SMILES string of the molecule is Cc1nc(C(C)NC(=O)CCCN2C(=O)c3cccc([N+](=O)[O-])c3C2=O)cs1. The van der Waals surface area contributed by atoms with E-state index in [1.165, 1.54) is 29.5 Å². The van der Waals surface area contributed by atoms with Crippen LogP contribution in [0, 0.1) is 17.0 Å². The molecule has 1 unspecified atom stereocenters. The maximum absolute atomic E-state index is 12.5. The highest BCUT2D eigenvalue weighted by Gasteiger charge is 2.40. The minimum atomic E-state index is -0.695. The maximum Gasteiger partial charge on any atom is 0.282 e. The lowest BCUT2D eigenvalue weighted by molar-refractivity contribution is -0.385. The van der Waals surface area contributed by atoms with E-state index in [4.69, 9.17) is 0 Å². The third-order valence-corrected chi connectivity index (χ3v) is 5.21. The number of imide groups is 1. The van der Waals surface area contributed by atoms with Gasteiger partial charge in [-0.3, -0.25) is 29.4 Å². The van der Waals surface area contributed by atoms with Gasteiger partial charge in [0, 0.05) is 24.4 Å². The van der Waals surface area contributed by atoms with Crippen LogP contribution in [0.1, 0.15) is 57.2 Å². The van der Waals surface area contributed by atoms with Crippen molar-refractivity contribution in [3.8, 4) is 0 Å². The number of aromatic nitrogens is 1. The molecule has 28 heavy (non-hydrogen) atoms. The normalized spacial score (nSPS) is 14.1. The summed E-state index contributed by atoms with van der Waals surface area (Å²) >= 11 is 1.50. The van der Waals surface area contributed by atoms with Crippen molar-refractivity contribution in [1.82, 2.24) is 15.2 Å². The van der Waals surface area contributed by atoms with Crippen LogP contribution in [0.3, 0.4) is 0 Å². The van der Waals surface area contributed by atoms with Gasteiger partial charge in [0.1, 0.15) is 5.56 Å². The molecule has 0 radical (unpaired) electrons. The molecule has 1 aromatic carbocycles. The Hall–Kier alpha value is -3.14. The largest absolute Gasteiger partial charge is 0.348 e. The molecule has 0 saturated carbocycles. The summed E-state index contributed by atoms with van der Waals surface area (Å²) in [4.78, 5) is 52.7. The second kappa shape index (κ2) is 7.85. The van der Waals surface area contributed by atoms with E-state index in [1.54, 1.807) is 0 Å². The zero-order chi connectivity index (χ0) is 20.4. The van der Waals surface area contributed by atoms with Gasteiger partial charge in [0.15, 0.2) is 0 Å². The summed E-state index contributed by atoms with van der Waals surface area (Å²) in [5, 5.41) is 16.7. The number of hydrogen-bond acceptors (Lipinski definition) is 7. The molecule has 2 heterocycles. The second-order valence-corrected chi connectivity index (χ2v) is 7.47. The van der Waals surface area contributed by atoms with Crippen LogP contribution in [-0.4, -0.2) is 39.1 Å². The molecule has 2 aromatic rings. The summed E-state index contributed by atoms with van der Waals surface area (Å²) in [5.41, 5.74) is 0.234. The third kappa shape index (κ3) is 3.77. The summed E-state index contributed by atoms with van der Waals surface area (Å²) in [5.74, 6) is -1.49. The fourth-order valence-corrected chi connectivity index (χ4v) is 3.74. The smallest absolute Gasteiger partial charge is 0.282 e. The highest BCUT2D eigenvalue weighted by Crippen LogP contribution is 2.30. The average molecular weight is 402 g/mol. The number of rotatable bonds is 7. The monoisotopic (exact) mass is 402 g/mol. The summed E-state index contributed by atoms with van der Waals surface area (Å²) in [6, 6.07) is 3.73. The van der Waals surface area contributed by atoms with Crippen molar-refractivity contribution >= 4 is 34.7 Å². The van der Waals surface area contributed by atoms with Gasteiger partial charge in [-0.15, -0.1) is 11.3 Å². The van der Waals surface area contributed by atoms with E-state index in [9.17, 15) is 24.5 Å². The highest BCUT2D eigenvalue weighted by atomic mass is 32.1. The van der Waals surface area contributed by atoms with Crippen LogP contribution >= 0.6 is 11.3 Å². The van der Waals surface area contributed by atoms with Crippen molar-refractivity contribution in [1.29, 1.82) is 0 Å². The Labute approximate surface area is 164 Å². The molecule has 3 rings (SSSR count). The topological polar surface area (TPSA) is 123 Å². The molecule has 9 nitrogen and oxygen atoms in total. The predicted octanol–water partition coefficient (Wildman–Crippen LogP) is 2.61. The minimum Gasteiger partial charge on any atom is -0.348 e. The van der Waals surface area contributed by atoms with E-state index < -0.39 is 16.7 Å². The number of nitro benzene ring substituents is 1. The van der Waals surface area contributed by atoms with Crippen molar-refractivity contribution in [3.63, 3.8) is 0 Å². The Morgan fingerprint density at radius 2 is 2.11 bits per heavy atom. The summed E-state index contributed by atoms with van der Waals surface area (Å²) < 4.78 is 0. The lowest BCUT2D eigenvalue weighted by atomic mass is 10.1. The Morgan fingerprint density at radius 3 is 2.75 bits per heavy atom. The van der Waals surface area contributed by atoms with Gasteiger partial charge in [-0.2, -0.15) is 0 Å². The molecule has 1 aliphatic heterocycles. The van der Waals surface area contributed by atoms with Gasteiger partial charge in [-0.05, 0) is 26.3 Å². The van der Waals surface area contributed by atoms with Crippen LogP contribution in [0.4, 0.5) is 5.69 Å². The van der Waals surface area contributed by atoms with Gasteiger partial charge >= 0.3 is 0 Å². The number of benzene rings is 1. The quantitative estimate of drug-likeness (QED) is 0.431. The summed E-state index contributed by atoms with van der Waals surface area (Å²) in [6.07, 6.45) is 0.372. The first-order valence-corrected chi connectivity index (χ1v) is 9.52. The second-order valence-electron chi connectivity index (χ2n) is 6.40. The Morgan fingerprint density at radius 1 is 1.36 bits per heavy atom. The van der Waals surface area contributed by atoms with Crippen LogP contribution in [0.15, 0.2) is 23.6 Å². The van der Waals surface area contributed by atoms with Crippen molar-refractivity contribution in [2.75, 3.05) is 6.54 Å². The zero-order valence-corrected chi connectivity index (χ0v) is 16.1. The number of thiazole rings is 1. The maximum atomic E-state index is 12.5. The molecule has 0 aliphatic carbocycles. The Balaban J connectivity index is 1.57. The number of nitro groups is 1. The minimum absolute atomic E-state index is 0.0150. The number of nitrogens with one attached hydrogen (secondary N) is 1. The van der Waals surface area contributed by atoms with Crippen molar-refractivity contribution in [2.24, 2.45) is 0 Å². The van der Waals surface area contributed by atoms with Crippen LogP contribution < -0.4 is 5.32 Å². The van der Waals surface area contributed by atoms with Crippen LogP contribution in [0.2, 0.25) is 0 Å². The van der Waals surface area contributed by atoms with Gasteiger partial charge in [-0.1, -0.05) is 6.07 Å². The number of hydrogen-bond donors (Lipinski definition) is 1. The van der Waals surface area contributed by atoms with E-state index in [0.717, 1.165) is 15.6 Å². The van der Waals surface area contributed by atoms with Gasteiger partial charge in [0.25, 0.3) is 17.5 Å². The summed E-state index contributed by atoms with van der Waals surface area (Å²) in [7, 11) is 0. The molecule has 146 valence electrons. The number of carbonyl (C=O) groups is 3. The molecular formula is C18H18N4O5S. The zero-order valence-electron chi connectivity index (χ0n) is 15.3. The molecule has 3 amide bonds. The molecule has 0 spiro atoms. The lowest BCUT2D eigenvalue weighted by Gasteiger charge is -2.15. The molecule has 0 saturated heterocycles. The van der Waals surface area contributed by atoms with E-state index in [-0.39, 0.29) is 48.1 Å². The van der Waals surface area contributed by atoms with Crippen molar-refractivity contribution in [3.05, 3.63) is 55.5 Å². The van der Waals surface area contributed by atoms with E-state index in [2.05, 4.69) is 10.3 Å². The van der Waals surface area contributed by atoms with Crippen LogP contribution in [-0.2, 0) is 4.79 Å². The average Bonchev–Trinajstić information content (AvgIpc) is 3.19. The number of nitrogens with zero attached hydrogens (tertiary/aromatic N) is 3. The van der Waals surface area contributed by atoms with Gasteiger partial charge in [0.2, 0.25) is 5.91 Å². The Kier molecular flexibility index (Phi) is 5.50. The van der Waals surface area contributed by atoms with Crippen LogP contribution in [0.25, 0.3) is 0 Å². The fraction of sp³-hybridized carbons (Fsp3) is 0.333. The third-order valence-electron chi connectivity index (χ3n) is 4.42. The first-order valence-electron chi connectivity index (χ1n) is 8.64. The molecule has 1 atom stereocenters.